The van der Waals surface area contributed by atoms with Crippen molar-refractivity contribution in [2.24, 2.45) is 5.92 Å². The van der Waals surface area contributed by atoms with Gasteiger partial charge in [0.05, 0.1) is 0 Å². The lowest BCUT2D eigenvalue weighted by atomic mass is 10.0. The molecule has 1 aromatic carbocycles. The summed E-state index contributed by atoms with van der Waals surface area (Å²) < 4.78 is 0. The molecule has 0 aliphatic carbocycles. The average molecular weight is 249 g/mol. The number of rotatable bonds is 6. The number of carbonyl (C=O) groups is 2. The lowest BCUT2D eigenvalue weighted by Gasteiger charge is -2.21. The molecule has 1 amide bonds. The maximum Gasteiger partial charge on any atom is 0.303 e. The predicted octanol–water partition coefficient (Wildman–Crippen LogP) is 2.15. The Bertz CT molecular complexity index is 403. The number of hydrogen-bond acceptors (Lipinski definition) is 2. The van der Waals surface area contributed by atoms with Gasteiger partial charge in [0.2, 0.25) is 5.91 Å². The van der Waals surface area contributed by atoms with Gasteiger partial charge in [-0.25, -0.2) is 0 Å². The standard InChI is InChI=1S/C14H19NO3/c1-11(8-9-13(16)17)14(18)15(2)10-12-6-4-3-5-7-12/h3-7,11H,8-10H2,1-2H3,(H,16,17). The van der Waals surface area contributed by atoms with Gasteiger partial charge in [0, 0.05) is 25.9 Å². The molecule has 1 unspecified atom stereocenters. The molecule has 0 radical (unpaired) electrons. The molecule has 18 heavy (non-hydrogen) atoms. The van der Waals surface area contributed by atoms with Gasteiger partial charge in [0.15, 0.2) is 0 Å². The molecule has 1 aromatic rings. The summed E-state index contributed by atoms with van der Waals surface area (Å²) in [4.78, 5) is 24.1. The number of carboxylic acid groups (broad SMARTS) is 1. The van der Waals surface area contributed by atoms with E-state index in [4.69, 9.17) is 5.11 Å². The molecule has 98 valence electrons. The van der Waals surface area contributed by atoms with Crippen LogP contribution in [0.15, 0.2) is 30.3 Å². The summed E-state index contributed by atoms with van der Waals surface area (Å²) in [6.45, 7) is 2.32. The van der Waals surface area contributed by atoms with Crippen LogP contribution in [0, 0.1) is 5.92 Å². The van der Waals surface area contributed by atoms with E-state index < -0.39 is 5.97 Å². The molecule has 1 N–H and O–H groups in total. The minimum absolute atomic E-state index is 0.0138. The van der Waals surface area contributed by atoms with Crippen LogP contribution >= 0.6 is 0 Å². The van der Waals surface area contributed by atoms with Crippen molar-refractivity contribution in [2.45, 2.75) is 26.3 Å². The van der Waals surface area contributed by atoms with Gasteiger partial charge in [-0.3, -0.25) is 9.59 Å². The van der Waals surface area contributed by atoms with E-state index in [1.807, 2.05) is 30.3 Å². The summed E-state index contributed by atoms with van der Waals surface area (Å²) in [6.07, 6.45) is 0.416. The van der Waals surface area contributed by atoms with E-state index in [0.29, 0.717) is 13.0 Å². The second-order valence-corrected chi connectivity index (χ2v) is 4.51. The Kier molecular flexibility index (Phi) is 5.36. The molecule has 0 bridgehead atoms. The third-order valence-electron chi connectivity index (χ3n) is 2.85. The van der Waals surface area contributed by atoms with Crippen molar-refractivity contribution in [3.05, 3.63) is 35.9 Å². The summed E-state index contributed by atoms with van der Waals surface area (Å²) in [7, 11) is 1.74. The van der Waals surface area contributed by atoms with Gasteiger partial charge >= 0.3 is 5.97 Å². The fourth-order valence-electron chi connectivity index (χ4n) is 1.77. The first kappa shape index (κ1) is 14.2. The van der Waals surface area contributed by atoms with Crippen molar-refractivity contribution in [3.8, 4) is 0 Å². The Morgan fingerprint density at radius 1 is 1.28 bits per heavy atom. The number of carbonyl (C=O) groups excluding carboxylic acids is 1. The molecule has 1 rings (SSSR count). The minimum atomic E-state index is -0.861. The zero-order valence-electron chi connectivity index (χ0n) is 10.8. The number of hydrogen-bond donors (Lipinski definition) is 1. The molecule has 0 aliphatic heterocycles. The van der Waals surface area contributed by atoms with Gasteiger partial charge in [-0.15, -0.1) is 0 Å². The Hall–Kier alpha value is -1.84. The first-order chi connectivity index (χ1) is 8.50. The zero-order valence-corrected chi connectivity index (χ0v) is 10.8. The lowest BCUT2D eigenvalue weighted by molar-refractivity contribution is -0.138. The van der Waals surface area contributed by atoms with Crippen molar-refractivity contribution < 1.29 is 14.7 Å². The molecule has 0 saturated heterocycles. The fraction of sp³-hybridized carbons (Fsp3) is 0.429. The minimum Gasteiger partial charge on any atom is -0.481 e. The van der Waals surface area contributed by atoms with Gasteiger partial charge < -0.3 is 10.0 Å². The highest BCUT2D eigenvalue weighted by atomic mass is 16.4. The second-order valence-electron chi connectivity index (χ2n) is 4.51. The van der Waals surface area contributed by atoms with Crippen LogP contribution in [0.25, 0.3) is 0 Å². The zero-order chi connectivity index (χ0) is 13.5. The Balaban J connectivity index is 2.48. The summed E-state index contributed by atoms with van der Waals surface area (Å²) >= 11 is 0. The first-order valence-electron chi connectivity index (χ1n) is 6.01. The van der Waals surface area contributed by atoms with Crippen molar-refractivity contribution in [1.82, 2.24) is 4.90 Å². The number of amides is 1. The van der Waals surface area contributed by atoms with Crippen molar-refractivity contribution in [3.63, 3.8) is 0 Å². The third-order valence-corrected chi connectivity index (χ3v) is 2.85. The fourth-order valence-corrected chi connectivity index (χ4v) is 1.77. The largest absolute Gasteiger partial charge is 0.481 e. The van der Waals surface area contributed by atoms with E-state index in [-0.39, 0.29) is 18.2 Å². The van der Waals surface area contributed by atoms with E-state index in [9.17, 15) is 9.59 Å². The van der Waals surface area contributed by atoms with Crippen LogP contribution in [0.3, 0.4) is 0 Å². The van der Waals surface area contributed by atoms with E-state index in [1.165, 1.54) is 0 Å². The Labute approximate surface area is 107 Å². The highest BCUT2D eigenvalue weighted by molar-refractivity contribution is 5.79. The molecule has 4 nitrogen and oxygen atoms in total. The number of nitrogens with zero attached hydrogens (tertiary/aromatic N) is 1. The first-order valence-corrected chi connectivity index (χ1v) is 6.01. The predicted molar refractivity (Wildman–Crippen MR) is 68.9 cm³/mol. The molecular formula is C14H19NO3. The maximum absolute atomic E-state index is 12.0. The van der Waals surface area contributed by atoms with Gasteiger partial charge in [-0.1, -0.05) is 37.3 Å². The number of aliphatic carboxylic acids is 1. The van der Waals surface area contributed by atoms with Crippen molar-refractivity contribution in [1.29, 1.82) is 0 Å². The van der Waals surface area contributed by atoms with E-state index in [1.54, 1.807) is 18.9 Å². The SMILES string of the molecule is CC(CCC(=O)O)C(=O)N(C)Cc1ccccc1. The second kappa shape index (κ2) is 6.79. The molecule has 4 heteroatoms. The third kappa shape index (κ3) is 4.57. The molecule has 0 saturated carbocycles. The smallest absolute Gasteiger partial charge is 0.303 e. The summed E-state index contributed by atoms with van der Waals surface area (Å²) in [6, 6.07) is 9.72. The number of carboxylic acids is 1. The quantitative estimate of drug-likeness (QED) is 0.840. The summed E-state index contributed by atoms with van der Waals surface area (Å²) in [5.41, 5.74) is 1.07. The van der Waals surface area contributed by atoms with E-state index >= 15 is 0 Å². The van der Waals surface area contributed by atoms with Gasteiger partial charge in [0.1, 0.15) is 0 Å². The molecule has 0 aliphatic rings. The highest BCUT2D eigenvalue weighted by Gasteiger charge is 2.18. The summed E-state index contributed by atoms with van der Waals surface area (Å²) in [5.74, 6) is -1.13. The van der Waals surface area contributed by atoms with Gasteiger partial charge in [-0.05, 0) is 12.0 Å². The topological polar surface area (TPSA) is 57.6 Å². The molecule has 1 atom stereocenters. The lowest BCUT2D eigenvalue weighted by Crippen LogP contribution is -2.31. The Morgan fingerprint density at radius 2 is 1.89 bits per heavy atom. The van der Waals surface area contributed by atoms with E-state index in [0.717, 1.165) is 5.56 Å². The molecule has 0 aromatic heterocycles. The average Bonchev–Trinajstić information content (AvgIpc) is 2.36. The van der Waals surface area contributed by atoms with Crippen LogP contribution in [0.1, 0.15) is 25.3 Å². The molecular weight excluding hydrogens is 230 g/mol. The van der Waals surface area contributed by atoms with Crippen molar-refractivity contribution in [2.75, 3.05) is 7.05 Å². The van der Waals surface area contributed by atoms with Crippen LogP contribution < -0.4 is 0 Å². The van der Waals surface area contributed by atoms with Crippen LogP contribution in [0.2, 0.25) is 0 Å². The van der Waals surface area contributed by atoms with Crippen LogP contribution in [0.5, 0.6) is 0 Å². The van der Waals surface area contributed by atoms with Crippen LogP contribution in [-0.2, 0) is 16.1 Å². The summed E-state index contributed by atoms with van der Waals surface area (Å²) in [5, 5.41) is 8.59. The normalized spacial score (nSPS) is 11.9. The molecule has 0 fully saturated rings. The van der Waals surface area contributed by atoms with Crippen molar-refractivity contribution >= 4 is 11.9 Å². The molecule has 0 heterocycles. The van der Waals surface area contributed by atoms with Crippen LogP contribution in [-0.4, -0.2) is 28.9 Å². The Morgan fingerprint density at radius 3 is 2.44 bits per heavy atom. The highest BCUT2D eigenvalue weighted by Crippen LogP contribution is 2.11. The number of benzene rings is 1. The van der Waals surface area contributed by atoms with E-state index in [2.05, 4.69) is 0 Å². The van der Waals surface area contributed by atoms with Crippen LogP contribution in [0.4, 0.5) is 0 Å². The van der Waals surface area contributed by atoms with Gasteiger partial charge in [0.25, 0.3) is 0 Å². The van der Waals surface area contributed by atoms with Gasteiger partial charge in [-0.2, -0.15) is 0 Å². The monoisotopic (exact) mass is 249 g/mol. The molecule has 0 spiro atoms. The maximum atomic E-state index is 12.0.